The maximum Gasteiger partial charge on any atom is 0.326 e. The molecule has 0 fully saturated rings. The predicted octanol–water partition coefficient (Wildman–Crippen LogP) is -1.17. The third-order valence-corrected chi connectivity index (χ3v) is 5.11. The number of primary amides is 1. The van der Waals surface area contributed by atoms with Crippen LogP contribution < -0.4 is 16.4 Å². The maximum absolute atomic E-state index is 11.6. The summed E-state index contributed by atoms with van der Waals surface area (Å²) < 4.78 is 21.7. The Balaban J connectivity index is 4.52. The van der Waals surface area contributed by atoms with E-state index in [0.29, 0.717) is 0 Å². The summed E-state index contributed by atoms with van der Waals surface area (Å²) in [5, 5.41) is 13.3. The van der Waals surface area contributed by atoms with Crippen molar-refractivity contribution in [2.75, 3.05) is 12.8 Å². The van der Waals surface area contributed by atoms with Crippen LogP contribution in [-0.2, 0) is 19.4 Å². The van der Waals surface area contributed by atoms with Gasteiger partial charge in [-0.15, -0.1) is 0 Å². The van der Waals surface area contributed by atoms with Gasteiger partial charge in [-0.1, -0.05) is 0 Å². The van der Waals surface area contributed by atoms with Crippen molar-refractivity contribution in [1.82, 2.24) is 10.6 Å². The van der Waals surface area contributed by atoms with Crippen LogP contribution in [0.4, 0.5) is 4.79 Å². The van der Waals surface area contributed by atoms with Gasteiger partial charge in [0.05, 0.1) is 4.75 Å². The first-order valence-electron chi connectivity index (χ1n) is 6.12. The van der Waals surface area contributed by atoms with E-state index in [0.717, 1.165) is 6.26 Å². The molecular weight excluding hydrogens is 302 g/mol. The highest BCUT2D eigenvalue weighted by Crippen LogP contribution is 2.13. The largest absolute Gasteiger partial charge is 0.480 e. The summed E-state index contributed by atoms with van der Waals surface area (Å²) >= 11 is 0. The van der Waals surface area contributed by atoms with E-state index in [2.05, 4.69) is 10.6 Å². The van der Waals surface area contributed by atoms with Crippen LogP contribution in [0.25, 0.3) is 0 Å². The second-order valence-electron chi connectivity index (χ2n) is 5.25. The number of nitrogens with two attached hydrogens (primary N) is 1. The van der Waals surface area contributed by atoms with Crippen LogP contribution >= 0.6 is 0 Å². The number of carbonyl (C=O) groups excluding carboxylic acids is 2. The smallest absolute Gasteiger partial charge is 0.326 e. The van der Waals surface area contributed by atoms with Crippen LogP contribution in [0.5, 0.6) is 0 Å². The summed E-state index contributed by atoms with van der Waals surface area (Å²) in [6.07, 6.45) is 0.707. The number of carboxylic acids is 1. The molecule has 0 radical (unpaired) electrons. The summed E-state index contributed by atoms with van der Waals surface area (Å²) in [5.41, 5.74) is 4.91. The molecule has 0 saturated heterocycles. The van der Waals surface area contributed by atoms with Crippen LogP contribution in [-0.4, -0.2) is 55.0 Å². The lowest BCUT2D eigenvalue weighted by atomic mass is 10.1. The van der Waals surface area contributed by atoms with Crippen molar-refractivity contribution in [3.8, 4) is 0 Å². The van der Waals surface area contributed by atoms with Gasteiger partial charge < -0.3 is 21.5 Å². The Hall–Kier alpha value is -1.84. The number of carboxylic acid groups (broad SMARTS) is 1. The maximum atomic E-state index is 11.6. The standard InChI is InChI=1S/C11H21N3O6S/c1-11(2,21(3,19)20)6-13-10(18)14-7(9(16)17)4-5-8(12)15/h7H,4-6H2,1-3H3,(H2,12,15)(H,16,17)(H2,13,14,18)/t7-/m1/s1. The van der Waals surface area contributed by atoms with Crippen molar-refractivity contribution in [2.45, 2.75) is 37.5 Å². The first kappa shape index (κ1) is 19.2. The minimum atomic E-state index is -3.38. The SMILES string of the molecule is CC(C)(CNC(=O)N[C@H](CCC(N)=O)C(=O)O)S(C)(=O)=O. The van der Waals surface area contributed by atoms with Gasteiger partial charge in [0.1, 0.15) is 6.04 Å². The van der Waals surface area contributed by atoms with E-state index in [1.54, 1.807) is 0 Å². The fourth-order valence-corrected chi connectivity index (χ4v) is 1.51. The molecule has 0 aromatic carbocycles. The molecule has 0 aliphatic heterocycles. The van der Waals surface area contributed by atoms with Gasteiger partial charge in [0.25, 0.3) is 0 Å². The molecule has 0 spiro atoms. The van der Waals surface area contributed by atoms with Crippen LogP contribution in [0.3, 0.4) is 0 Å². The van der Waals surface area contributed by atoms with E-state index in [4.69, 9.17) is 10.8 Å². The lowest BCUT2D eigenvalue weighted by Crippen LogP contribution is -2.51. The van der Waals surface area contributed by atoms with Crippen molar-refractivity contribution < 1.29 is 27.9 Å². The quantitative estimate of drug-likeness (QED) is 0.441. The van der Waals surface area contributed by atoms with Gasteiger partial charge in [0.2, 0.25) is 5.91 Å². The molecule has 0 saturated carbocycles. The molecule has 21 heavy (non-hydrogen) atoms. The van der Waals surface area contributed by atoms with Crippen molar-refractivity contribution >= 4 is 27.7 Å². The van der Waals surface area contributed by atoms with Gasteiger partial charge >= 0.3 is 12.0 Å². The number of hydrogen-bond donors (Lipinski definition) is 4. The molecule has 9 nitrogen and oxygen atoms in total. The molecule has 0 aromatic heterocycles. The van der Waals surface area contributed by atoms with Crippen molar-refractivity contribution in [1.29, 1.82) is 0 Å². The van der Waals surface area contributed by atoms with Gasteiger partial charge in [-0.2, -0.15) is 0 Å². The summed E-state index contributed by atoms with van der Waals surface area (Å²) in [6, 6.07) is -2.11. The van der Waals surface area contributed by atoms with E-state index in [-0.39, 0.29) is 19.4 Å². The number of rotatable bonds is 8. The molecule has 122 valence electrons. The van der Waals surface area contributed by atoms with E-state index in [9.17, 15) is 22.8 Å². The summed E-state index contributed by atoms with van der Waals surface area (Å²) in [4.78, 5) is 33.1. The molecule has 1 atom stereocenters. The molecule has 0 aliphatic carbocycles. The number of hydrogen-bond acceptors (Lipinski definition) is 5. The lowest BCUT2D eigenvalue weighted by molar-refractivity contribution is -0.139. The van der Waals surface area contributed by atoms with Crippen LogP contribution in [0, 0.1) is 0 Å². The van der Waals surface area contributed by atoms with Crippen molar-refractivity contribution in [3.63, 3.8) is 0 Å². The fraction of sp³-hybridized carbons (Fsp3) is 0.727. The molecule has 0 aromatic rings. The molecule has 10 heteroatoms. The second kappa shape index (κ2) is 7.25. The molecule has 3 amide bonds. The van der Waals surface area contributed by atoms with Crippen molar-refractivity contribution in [2.24, 2.45) is 5.73 Å². The predicted molar refractivity (Wildman–Crippen MR) is 75.3 cm³/mol. The Morgan fingerprint density at radius 2 is 1.81 bits per heavy atom. The monoisotopic (exact) mass is 323 g/mol. The first-order chi connectivity index (χ1) is 9.36. The van der Waals surface area contributed by atoms with Crippen molar-refractivity contribution in [3.05, 3.63) is 0 Å². The second-order valence-corrected chi connectivity index (χ2v) is 7.90. The van der Waals surface area contributed by atoms with Gasteiger partial charge in [0.15, 0.2) is 9.84 Å². The fourth-order valence-electron chi connectivity index (χ4n) is 1.18. The minimum absolute atomic E-state index is 0.145. The van der Waals surface area contributed by atoms with Gasteiger partial charge in [0, 0.05) is 19.2 Å². The van der Waals surface area contributed by atoms with E-state index in [1.807, 2.05) is 0 Å². The van der Waals surface area contributed by atoms with Crippen LogP contribution in [0.1, 0.15) is 26.7 Å². The highest BCUT2D eigenvalue weighted by atomic mass is 32.2. The third kappa shape index (κ3) is 6.93. The zero-order chi connectivity index (χ0) is 16.8. The third-order valence-electron chi connectivity index (χ3n) is 2.96. The van der Waals surface area contributed by atoms with E-state index in [1.165, 1.54) is 13.8 Å². The summed E-state index contributed by atoms with van der Waals surface area (Å²) in [6.45, 7) is 2.69. The molecule has 0 aliphatic rings. The van der Waals surface area contributed by atoms with Gasteiger partial charge in [-0.05, 0) is 20.3 Å². The molecular formula is C11H21N3O6S. The highest BCUT2D eigenvalue weighted by Gasteiger charge is 2.31. The van der Waals surface area contributed by atoms with E-state index < -0.39 is 38.5 Å². The Morgan fingerprint density at radius 1 is 1.29 bits per heavy atom. The molecule has 0 unspecified atom stereocenters. The number of carbonyl (C=O) groups is 3. The van der Waals surface area contributed by atoms with Crippen LogP contribution in [0.15, 0.2) is 0 Å². The molecule has 0 rings (SSSR count). The lowest BCUT2D eigenvalue weighted by Gasteiger charge is -2.23. The Morgan fingerprint density at radius 3 is 2.19 bits per heavy atom. The number of sulfone groups is 1. The topological polar surface area (TPSA) is 156 Å². The molecule has 0 bridgehead atoms. The zero-order valence-corrected chi connectivity index (χ0v) is 13.0. The molecule has 5 N–H and O–H groups in total. The number of aliphatic carboxylic acids is 1. The average molecular weight is 323 g/mol. The number of nitrogens with one attached hydrogen (secondary N) is 2. The zero-order valence-electron chi connectivity index (χ0n) is 12.2. The normalized spacial score (nSPS) is 13.3. The Labute approximate surface area is 123 Å². The summed E-state index contributed by atoms with van der Waals surface area (Å²) in [5.74, 6) is -1.99. The van der Waals surface area contributed by atoms with Gasteiger partial charge in [-0.25, -0.2) is 18.0 Å². The van der Waals surface area contributed by atoms with Gasteiger partial charge in [-0.3, -0.25) is 4.79 Å². The highest BCUT2D eigenvalue weighted by molar-refractivity contribution is 7.92. The Bertz CT molecular complexity index is 514. The number of urea groups is 1. The summed E-state index contributed by atoms with van der Waals surface area (Å²) in [7, 11) is -3.38. The Kier molecular flexibility index (Phi) is 6.61. The number of amides is 3. The average Bonchev–Trinajstić information content (AvgIpc) is 2.29. The van der Waals surface area contributed by atoms with Crippen LogP contribution in [0.2, 0.25) is 0 Å². The minimum Gasteiger partial charge on any atom is -0.480 e. The molecule has 0 heterocycles. The first-order valence-corrected chi connectivity index (χ1v) is 8.01. The van der Waals surface area contributed by atoms with E-state index >= 15 is 0 Å².